The number of hydrogen-bond donors (Lipinski definition) is 1. The van der Waals surface area contributed by atoms with Crippen molar-refractivity contribution in [1.82, 2.24) is 5.32 Å². The fraction of sp³-hybridized carbons (Fsp3) is 0.188. The minimum atomic E-state index is -0.568. The lowest BCUT2D eigenvalue weighted by Crippen LogP contribution is -2.41. The van der Waals surface area contributed by atoms with E-state index in [1.807, 2.05) is 32.0 Å². The Morgan fingerprint density at radius 1 is 1.00 bits per heavy atom. The second kappa shape index (κ2) is 5.86. The maximum atomic E-state index is 12.2. The van der Waals surface area contributed by atoms with E-state index < -0.39 is 5.54 Å². The van der Waals surface area contributed by atoms with Gasteiger partial charge in [-0.3, -0.25) is 4.79 Å². The van der Waals surface area contributed by atoms with Gasteiger partial charge in [0.1, 0.15) is 0 Å². The van der Waals surface area contributed by atoms with Crippen molar-refractivity contribution < 1.29 is 4.79 Å². The Morgan fingerprint density at radius 3 is 2.10 bits per heavy atom. The first-order valence-corrected chi connectivity index (χ1v) is 6.98. The average Bonchev–Trinajstić information content (AvgIpc) is 2.38. The van der Waals surface area contributed by atoms with Gasteiger partial charge in [0.2, 0.25) is 0 Å². The van der Waals surface area contributed by atoms with Gasteiger partial charge >= 0.3 is 0 Å². The number of carbonyl (C=O) groups is 1. The molecule has 2 aromatic rings. The van der Waals surface area contributed by atoms with Crippen LogP contribution in [0.3, 0.4) is 0 Å². The van der Waals surface area contributed by atoms with E-state index in [1.54, 1.807) is 30.3 Å². The highest BCUT2D eigenvalue weighted by Gasteiger charge is 2.24. The van der Waals surface area contributed by atoms with Crippen molar-refractivity contribution in [2.24, 2.45) is 0 Å². The maximum Gasteiger partial charge on any atom is 0.251 e. The van der Waals surface area contributed by atoms with E-state index in [0.717, 1.165) is 5.56 Å². The van der Waals surface area contributed by atoms with Crippen LogP contribution in [0.4, 0.5) is 0 Å². The molecule has 2 aromatic carbocycles. The molecule has 0 aromatic heterocycles. The lowest BCUT2D eigenvalue weighted by Gasteiger charge is -2.27. The van der Waals surface area contributed by atoms with Gasteiger partial charge < -0.3 is 5.32 Å². The molecular weight excluding hydrogens is 293 g/mol. The number of halogens is 2. The molecule has 0 spiro atoms. The van der Waals surface area contributed by atoms with Gasteiger partial charge in [0, 0.05) is 15.6 Å². The zero-order valence-electron chi connectivity index (χ0n) is 11.3. The van der Waals surface area contributed by atoms with Crippen LogP contribution in [0, 0.1) is 0 Å². The Balaban J connectivity index is 2.24. The molecule has 2 rings (SSSR count). The summed E-state index contributed by atoms with van der Waals surface area (Å²) < 4.78 is 0. The summed E-state index contributed by atoms with van der Waals surface area (Å²) in [7, 11) is 0. The topological polar surface area (TPSA) is 29.1 Å². The van der Waals surface area contributed by atoms with Gasteiger partial charge in [-0.05, 0) is 49.7 Å². The molecule has 0 unspecified atom stereocenters. The van der Waals surface area contributed by atoms with Crippen molar-refractivity contribution in [3.8, 4) is 0 Å². The Bertz CT molecular complexity index is 603. The largest absolute Gasteiger partial charge is 0.343 e. The molecule has 0 heterocycles. The molecule has 0 fully saturated rings. The first kappa shape index (κ1) is 14.9. The van der Waals surface area contributed by atoms with Crippen molar-refractivity contribution >= 4 is 29.1 Å². The second-order valence-corrected chi connectivity index (χ2v) is 5.98. The molecule has 0 bridgehead atoms. The average molecular weight is 308 g/mol. The molecule has 4 heteroatoms. The van der Waals surface area contributed by atoms with Crippen LogP contribution < -0.4 is 5.32 Å². The van der Waals surface area contributed by atoms with E-state index in [0.29, 0.717) is 15.6 Å². The van der Waals surface area contributed by atoms with Crippen molar-refractivity contribution in [3.63, 3.8) is 0 Å². The molecule has 0 atom stereocenters. The van der Waals surface area contributed by atoms with Crippen LogP contribution in [0.1, 0.15) is 29.8 Å². The number of amides is 1. The van der Waals surface area contributed by atoms with Gasteiger partial charge in [0.05, 0.1) is 5.54 Å². The van der Waals surface area contributed by atoms with Crippen molar-refractivity contribution in [1.29, 1.82) is 0 Å². The Hall–Kier alpha value is -1.51. The zero-order valence-corrected chi connectivity index (χ0v) is 12.8. The normalized spacial score (nSPS) is 11.2. The Morgan fingerprint density at radius 2 is 1.55 bits per heavy atom. The summed E-state index contributed by atoms with van der Waals surface area (Å²) in [4.78, 5) is 12.2. The number of hydrogen-bond acceptors (Lipinski definition) is 1. The van der Waals surface area contributed by atoms with Gasteiger partial charge in [0.25, 0.3) is 5.91 Å². The molecular formula is C16H15Cl2NO. The standard InChI is InChI=1S/C16H15Cl2NO/c1-16(2,12-8-13(17)10-14(18)9-12)19-15(20)11-6-4-3-5-7-11/h3-10H,1-2H3,(H,19,20). The number of benzene rings is 2. The summed E-state index contributed by atoms with van der Waals surface area (Å²) in [5.74, 6) is -0.133. The molecule has 104 valence electrons. The lowest BCUT2D eigenvalue weighted by molar-refractivity contribution is 0.0912. The Kier molecular flexibility index (Phi) is 4.36. The first-order chi connectivity index (χ1) is 9.38. The van der Waals surface area contributed by atoms with Gasteiger partial charge in [-0.1, -0.05) is 41.4 Å². The van der Waals surface area contributed by atoms with E-state index >= 15 is 0 Å². The Labute approximate surface area is 128 Å². The highest BCUT2D eigenvalue weighted by molar-refractivity contribution is 6.34. The molecule has 1 N–H and O–H groups in total. The summed E-state index contributed by atoms with van der Waals surface area (Å²) in [6, 6.07) is 14.4. The maximum absolute atomic E-state index is 12.2. The molecule has 0 saturated heterocycles. The molecule has 0 aliphatic heterocycles. The summed E-state index contributed by atoms with van der Waals surface area (Å²) in [5, 5.41) is 4.09. The monoisotopic (exact) mass is 307 g/mol. The molecule has 0 aliphatic rings. The van der Waals surface area contributed by atoms with E-state index in [2.05, 4.69) is 5.32 Å². The third-order valence-corrected chi connectivity index (χ3v) is 3.48. The predicted octanol–water partition coefficient (Wildman–Crippen LogP) is 4.66. The van der Waals surface area contributed by atoms with Crippen LogP contribution >= 0.6 is 23.2 Å². The first-order valence-electron chi connectivity index (χ1n) is 6.22. The van der Waals surface area contributed by atoms with E-state index in [9.17, 15) is 4.79 Å². The van der Waals surface area contributed by atoms with E-state index in [1.165, 1.54) is 0 Å². The second-order valence-electron chi connectivity index (χ2n) is 5.10. The van der Waals surface area contributed by atoms with Crippen LogP contribution in [0.5, 0.6) is 0 Å². The highest BCUT2D eigenvalue weighted by Crippen LogP contribution is 2.27. The minimum Gasteiger partial charge on any atom is -0.343 e. The number of rotatable bonds is 3. The lowest BCUT2D eigenvalue weighted by atomic mass is 9.94. The van der Waals surface area contributed by atoms with Gasteiger partial charge in [-0.25, -0.2) is 0 Å². The third kappa shape index (κ3) is 3.53. The quantitative estimate of drug-likeness (QED) is 0.878. The van der Waals surface area contributed by atoms with Crippen LogP contribution in [0.15, 0.2) is 48.5 Å². The fourth-order valence-electron chi connectivity index (χ4n) is 1.93. The fourth-order valence-corrected chi connectivity index (χ4v) is 2.46. The number of carbonyl (C=O) groups excluding carboxylic acids is 1. The van der Waals surface area contributed by atoms with Crippen LogP contribution in [0.25, 0.3) is 0 Å². The molecule has 0 aliphatic carbocycles. The third-order valence-electron chi connectivity index (χ3n) is 3.05. The van der Waals surface area contributed by atoms with Crippen LogP contribution in [-0.2, 0) is 5.54 Å². The minimum absolute atomic E-state index is 0.133. The molecule has 1 amide bonds. The molecule has 2 nitrogen and oxygen atoms in total. The summed E-state index contributed by atoms with van der Waals surface area (Å²) in [5.41, 5.74) is 0.912. The van der Waals surface area contributed by atoms with Crippen LogP contribution in [0.2, 0.25) is 10.0 Å². The summed E-state index contributed by atoms with van der Waals surface area (Å²) >= 11 is 12.0. The molecule has 20 heavy (non-hydrogen) atoms. The van der Waals surface area contributed by atoms with Crippen molar-refractivity contribution in [2.45, 2.75) is 19.4 Å². The van der Waals surface area contributed by atoms with Gasteiger partial charge in [0.15, 0.2) is 0 Å². The van der Waals surface area contributed by atoms with Crippen molar-refractivity contribution in [2.75, 3.05) is 0 Å². The van der Waals surface area contributed by atoms with Crippen LogP contribution in [-0.4, -0.2) is 5.91 Å². The molecule has 0 saturated carbocycles. The smallest absolute Gasteiger partial charge is 0.251 e. The SMILES string of the molecule is CC(C)(NC(=O)c1ccccc1)c1cc(Cl)cc(Cl)c1. The summed E-state index contributed by atoms with van der Waals surface area (Å²) in [6.45, 7) is 3.83. The van der Waals surface area contributed by atoms with Gasteiger partial charge in [-0.2, -0.15) is 0 Å². The van der Waals surface area contributed by atoms with Gasteiger partial charge in [-0.15, -0.1) is 0 Å². The van der Waals surface area contributed by atoms with E-state index in [4.69, 9.17) is 23.2 Å². The zero-order chi connectivity index (χ0) is 14.8. The number of nitrogens with one attached hydrogen (secondary N) is 1. The van der Waals surface area contributed by atoms with Crippen molar-refractivity contribution in [3.05, 3.63) is 69.7 Å². The summed E-state index contributed by atoms with van der Waals surface area (Å²) in [6.07, 6.45) is 0. The predicted molar refractivity (Wildman–Crippen MR) is 83.4 cm³/mol. The molecule has 0 radical (unpaired) electrons. The highest BCUT2D eigenvalue weighted by atomic mass is 35.5. The van der Waals surface area contributed by atoms with E-state index in [-0.39, 0.29) is 5.91 Å².